The predicted octanol–water partition coefficient (Wildman–Crippen LogP) is 3.53. The fourth-order valence-electron chi connectivity index (χ4n) is 1.48. The Kier molecular flexibility index (Phi) is 6.15. The molecule has 0 fully saturated rings. The summed E-state index contributed by atoms with van der Waals surface area (Å²) in [5.41, 5.74) is 0. The smallest absolute Gasteiger partial charge is 0.308 e. The van der Waals surface area contributed by atoms with Crippen LogP contribution in [0.3, 0.4) is 0 Å². The molecule has 0 heterocycles. The fraction of sp³-hybridized carbons (Fsp3) is 0.500. The van der Waals surface area contributed by atoms with E-state index in [0.717, 1.165) is 19.3 Å². The molecule has 1 unspecified atom stereocenters. The average Bonchev–Trinajstić information content (AvgIpc) is 2.30. The number of carbonyl (C=O) groups excluding carboxylic acids is 1. The number of ether oxygens (including phenoxy) is 2. The van der Waals surface area contributed by atoms with Gasteiger partial charge in [-0.2, -0.15) is 0 Å². The Bertz CT molecular complexity index is 321. The Morgan fingerprint density at radius 3 is 2.59 bits per heavy atom. The van der Waals surface area contributed by atoms with Gasteiger partial charge in [0.2, 0.25) is 6.29 Å². The highest BCUT2D eigenvalue weighted by atomic mass is 16.7. The number of hydrogen-bond donors (Lipinski definition) is 0. The zero-order valence-electron chi connectivity index (χ0n) is 10.5. The molecule has 0 bridgehead atoms. The van der Waals surface area contributed by atoms with Crippen molar-refractivity contribution in [2.24, 2.45) is 0 Å². The number of para-hydroxylation sites is 1. The lowest BCUT2D eigenvalue weighted by Gasteiger charge is -2.15. The number of unbranched alkanes of at least 4 members (excludes halogenated alkanes) is 2. The molecular formula is C14H20O3. The lowest BCUT2D eigenvalue weighted by atomic mass is 10.2. The van der Waals surface area contributed by atoms with Gasteiger partial charge in [-0.1, -0.05) is 38.0 Å². The van der Waals surface area contributed by atoms with Gasteiger partial charge in [-0.05, 0) is 18.6 Å². The van der Waals surface area contributed by atoms with Gasteiger partial charge in [-0.15, -0.1) is 0 Å². The van der Waals surface area contributed by atoms with Crippen molar-refractivity contribution in [3.63, 3.8) is 0 Å². The standard InChI is InChI=1S/C14H20O3/c1-3-4-6-11-14(15)17-12(2)16-13-9-7-5-8-10-13/h5,7-10,12H,3-4,6,11H2,1-2H3. The summed E-state index contributed by atoms with van der Waals surface area (Å²) >= 11 is 0. The Hall–Kier alpha value is -1.51. The molecular weight excluding hydrogens is 216 g/mol. The molecule has 17 heavy (non-hydrogen) atoms. The van der Waals surface area contributed by atoms with Crippen LogP contribution in [0.5, 0.6) is 5.75 Å². The number of hydrogen-bond acceptors (Lipinski definition) is 3. The average molecular weight is 236 g/mol. The molecule has 1 aromatic carbocycles. The lowest BCUT2D eigenvalue weighted by Crippen LogP contribution is -2.20. The molecule has 0 saturated heterocycles. The van der Waals surface area contributed by atoms with Crippen molar-refractivity contribution in [1.82, 2.24) is 0 Å². The molecule has 0 N–H and O–H groups in total. The van der Waals surface area contributed by atoms with E-state index in [0.29, 0.717) is 12.2 Å². The van der Waals surface area contributed by atoms with Crippen molar-refractivity contribution >= 4 is 5.97 Å². The van der Waals surface area contributed by atoms with Crippen molar-refractivity contribution in [3.8, 4) is 5.75 Å². The molecule has 0 aromatic heterocycles. The van der Waals surface area contributed by atoms with Crippen LogP contribution in [0, 0.1) is 0 Å². The highest BCUT2D eigenvalue weighted by molar-refractivity contribution is 5.69. The number of benzene rings is 1. The first-order chi connectivity index (χ1) is 8.22. The van der Waals surface area contributed by atoms with E-state index in [2.05, 4.69) is 6.92 Å². The third-order valence-corrected chi connectivity index (χ3v) is 2.33. The molecule has 0 aliphatic carbocycles. The van der Waals surface area contributed by atoms with Crippen molar-refractivity contribution in [1.29, 1.82) is 0 Å². The monoisotopic (exact) mass is 236 g/mol. The van der Waals surface area contributed by atoms with Crippen molar-refractivity contribution in [2.45, 2.75) is 45.8 Å². The van der Waals surface area contributed by atoms with Crippen LogP contribution >= 0.6 is 0 Å². The van der Waals surface area contributed by atoms with Gasteiger partial charge in [0, 0.05) is 13.3 Å². The third kappa shape index (κ3) is 5.95. The molecule has 1 rings (SSSR count). The molecule has 1 atom stereocenters. The second-order valence-electron chi connectivity index (χ2n) is 3.95. The second-order valence-corrected chi connectivity index (χ2v) is 3.95. The fourth-order valence-corrected chi connectivity index (χ4v) is 1.48. The summed E-state index contributed by atoms with van der Waals surface area (Å²) in [5.74, 6) is 0.517. The molecule has 0 radical (unpaired) electrons. The van der Waals surface area contributed by atoms with Crippen LogP contribution in [0.2, 0.25) is 0 Å². The minimum atomic E-state index is -0.536. The third-order valence-electron chi connectivity index (χ3n) is 2.33. The van der Waals surface area contributed by atoms with E-state index in [4.69, 9.17) is 9.47 Å². The number of rotatable bonds is 7. The van der Waals surface area contributed by atoms with E-state index in [1.807, 2.05) is 30.3 Å². The van der Waals surface area contributed by atoms with Crippen molar-refractivity contribution < 1.29 is 14.3 Å². The van der Waals surface area contributed by atoms with E-state index in [9.17, 15) is 4.79 Å². The summed E-state index contributed by atoms with van der Waals surface area (Å²) in [6, 6.07) is 9.34. The SMILES string of the molecule is CCCCCC(=O)OC(C)Oc1ccccc1. The molecule has 0 saturated carbocycles. The van der Waals surface area contributed by atoms with E-state index in [-0.39, 0.29) is 5.97 Å². The van der Waals surface area contributed by atoms with Crippen molar-refractivity contribution in [3.05, 3.63) is 30.3 Å². The molecule has 3 nitrogen and oxygen atoms in total. The summed E-state index contributed by atoms with van der Waals surface area (Å²) in [5, 5.41) is 0. The van der Waals surface area contributed by atoms with Crippen LogP contribution in [-0.2, 0) is 9.53 Å². The van der Waals surface area contributed by atoms with Gasteiger partial charge in [0.25, 0.3) is 0 Å². The molecule has 3 heteroatoms. The number of esters is 1. The summed E-state index contributed by atoms with van der Waals surface area (Å²) in [7, 11) is 0. The molecule has 0 spiro atoms. The minimum Gasteiger partial charge on any atom is -0.455 e. The van der Waals surface area contributed by atoms with Gasteiger partial charge in [-0.3, -0.25) is 4.79 Å². The maximum absolute atomic E-state index is 11.4. The van der Waals surface area contributed by atoms with E-state index < -0.39 is 6.29 Å². The van der Waals surface area contributed by atoms with Gasteiger partial charge < -0.3 is 9.47 Å². The second kappa shape index (κ2) is 7.71. The topological polar surface area (TPSA) is 35.5 Å². The molecule has 0 aliphatic heterocycles. The summed E-state index contributed by atoms with van der Waals surface area (Å²) in [6.45, 7) is 3.83. The molecule has 0 amide bonds. The highest BCUT2D eigenvalue weighted by Crippen LogP contribution is 2.12. The normalized spacial score (nSPS) is 11.9. The zero-order valence-corrected chi connectivity index (χ0v) is 10.5. The lowest BCUT2D eigenvalue weighted by molar-refractivity contribution is -0.161. The Morgan fingerprint density at radius 1 is 1.24 bits per heavy atom. The predicted molar refractivity (Wildman–Crippen MR) is 66.8 cm³/mol. The summed E-state index contributed by atoms with van der Waals surface area (Å²) in [4.78, 5) is 11.4. The first-order valence-electron chi connectivity index (χ1n) is 6.13. The number of carbonyl (C=O) groups is 1. The van der Waals surface area contributed by atoms with Gasteiger partial charge >= 0.3 is 5.97 Å². The van der Waals surface area contributed by atoms with Gasteiger partial charge in [0.15, 0.2) is 0 Å². The Labute approximate surface area is 103 Å². The largest absolute Gasteiger partial charge is 0.455 e. The zero-order chi connectivity index (χ0) is 12.5. The molecule has 0 aliphatic rings. The van der Waals surface area contributed by atoms with Crippen LogP contribution in [0.15, 0.2) is 30.3 Å². The maximum atomic E-state index is 11.4. The van der Waals surface area contributed by atoms with Crippen LogP contribution < -0.4 is 4.74 Å². The van der Waals surface area contributed by atoms with E-state index >= 15 is 0 Å². The van der Waals surface area contributed by atoms with Crippen LogP contribution in [0.4, 0.5) is 0 Å². The molecule has 94 valence electrons. The van der Waals surface area contributed by atoms with Gasteiger partial charge in [0.1, 0.15) is 5.75 Å². The maximum Gasteiger partial charge on any atom is 0.308 e. The van der Waals surface area contributed by atoms with E-state index in [1.165, 1.54) is 0 Å². The minimum absolute atomic E-state index is 0.193. The van der Waals surface area contributed by atoms with E-state index in [1.54, 1.807) is 6.92 Å². The summed E-state index contributed by atoms with van der Waals surface area (Å²) in [6.07, 6.45) is 2.97. The molecule has 1 aromatic rings. The highest BCUT2D eigenvalue weighted by Gasteiger charge is 2.09. The summed E-state index contributed by atoms with van der Waals surface area (Å²) < 4.78 is 10.6. The van der Waals surface area contributed by atoms with Gasteiger partial charge in [0.05, 0.1) is 0 Å². The first-order valence-corrected chi connectivity index (χ1v) is 6.13. The van der Waals surface area contributed by atoms with Crippen LogP contribution in [-0.4, -0.2) is 12.3 Å². The first kappa shape index (κ1) is 13.6. The Morgan fingerprint density at radius 2 is 1.94 bits per heavy atom. The van der Waals surface area contributed by atoms with Crippen LogP contribution in [0.25, 0.3) is 0 Å². The van der Waals surface area contributed by atoms with Crippen molar-refractivity contribution in [2.75, 3.05) is 0 Å². The van der Waals surface area contributed by atoms with Gasteiger partial charge in [-0.25, -0.2) is 0 Å². The van der Waals surface area contributed by atoms with Crippen LogP contribution in [0.1, 0.15) is 39.5 Å². The Balaban J connectivity index is 2.25. The quantitative estimate of drug-likeness (QED) is 0.412.